The zero-order chi connectivity index (χ0) is 14.1. The fourth-order valence-corrected chi connectivity index (χ4v) is 3.33. The lowest BCUT2D eigenvalue weighted by molar-refractivity contribution is 0.341. The van der Waals surface area contributed by atoms with Crippen LogP contribution in [0.1, 0.15) is 32.6 Å². The summed E-state index contributed by atoms with van der Waals surface area (Å²) < 4.78 is 0. The normalized spacial score (nSPS) is 22.9. The van der Waals surface area contributed by atoms with Gasteiger partial charge in [-0.25, -0.2) is 0 Å². The number of rotatable bonds is 2. The van der Waals surface area contributed by atoms with E-state index in [9.17, 15) is 0 Å². The first-order valence-corrected chi connectivity index (χ1v) is 7.52. The zero-order valence-corrected chi connectivity index (χ0v) is 12.3. The molecule has 1 aliphatic carbocycles. The second-order valence-corrected chi connectivity index (χ2v) is 6.12. The molecule has 0 spiro atoms. The van der Waals surface area contributed by atoms with Gasteiger partial charge in [-0.1, -0.05) is 6.92 Å². The summed E-state index contributed by atoms with van der Waals surface area (Å²) in [6, 6.07) is 6.87. The van der Waals surface area contributed by atoms with Gasteiger partial charge in [0, 0.05) is 47.6 Å². The molecule has 1 heterocycles. The third-order valence-electron chi connectivity index (χ3n) is 4.74. The average molecular weight is 269 g/mol. The predicted octanol–water partition coefficient (Wildman–Crippen LogP) is 3.83. The lowest BCUT2D eigenvalue weighted by Gasteiger charge is -2.35. The molecule has 1 saturated carbocycles. The molecule has 3 nitrogen and oxygen atoms in total. The third-order valence-corrected chi connectivity index (χ3v) is 4.74. The van der Waals surface area contributed by atoms with Crippen LogP contribution in [0.3, 0.4) is 0 Å². The summed E-state index contributed by atoms with van der Waals surface area (Å²) in [5.41, 5.74) is 8.15. The maximum atomic E-state index is 6.06. The molecule has 0 radical (unpaired) electrons. The van der Waals surface area contributed by atoms with E-state index in [2.05, 4.69) is 36.0 Å². The smallest absolute Gasteiger partial charge is 0.0448 e. The van der Waals surface area contributed by atoms with Gasteiger partial charge in [-0.3, -0.25) is 4.98 Å². The molecule has 1 aromatic carbocycles. The molecular weight excluding hydrogens is 246 g/mol. The summed E-state index contributed by atoms with van der Waals surface area (Å²) in [6.07, 6.45) is 8.96. The molecule has 106 valence electrons. The Hall–Kier alpha value is -1.77. The highest BCUT2D eigenvalue weighted by Crippen LogP contribution is 2.34. The molecule has 0 unspecified atom stereocenters. The van der Waals surface area contributed by atoms with Gasteiger partial charge < -0.3 is 10.6 Å². The maximum absolute atomic E-state index is 6.06. The van der Waals surface area contributed by atoms with Gasteiger partial charge in [-0.15, -0.1) is 0 Å². The second-order valence-electron chi connectivity index (χ2n) is 6.12. The van der Waals surface area contributed by atoms with Crippen molar-refractivity contribution in [1.82, 2.24) is 4.98 Å². The van der Waals surface area contributed by atoms with Gasteiger partial charge in [0.1, 0.15) is 0 Å². The number of anilines is 2. The van der Waals surface area contributed by atoms with Crippen molar-refractivity contribution in [2.24, 2.45) is 5.92 Å². The molecule has 1 aliphatic rings. The van der Waals surface area contributed by atoms with Crippen LogP contribution in [0, 0.1) is 5.92 Å². The van der Waals surface area contributed by atoms with Gasteiger partial charge in [0.2, 0.25) is 0 Å². The Balaban J connectivity index is 1.95. The summed E-state index contributed by atoms with van der Waals surface area (Å²) in [4.78, 5) is 6.64. The van der Waals surface area contributed by atoms with Gasteiger partial charge >= 0.3 is 0 Å². The van der Waals surface area contributed by atoms with Crippen molar-refractivity contribution >= 4 is 22.1 Å². The number of benzene rings is 1. The van der Waals surface area contributed by atoms with E-state index in [1.807, 2.05) is 18.5 Å². The molecule has 1 fully saturated rings. The quantitative estimate of drug-likeness (QED) is 0.842. The van der Waals surface area contributed by atoms with E-state index in [1.54, 1.807) is 0 Å². The number of nitrogens with zero attached hydrogens (tertiary/aromatic N) is 2. The third kappa shape index (κ3) is 2.33. The Morgan fingerprint density at radius 1 is 1.10 bits per heavy atom. The lowest BCUT2D eigenvalue weighted by Crippen LogP contribution is -2.34. The Bertz CT molecular complexity index is 600. The Labute approximate surface area is 120 Å². The van der Waals surface area contributed by atoms with Crippen LogP contribution in [0.5, 0.6) is 0 Å². The first-order chi connectivity index (χ1) is 9.66. The summed E-state index contributed by atoms with van der Waals surface area (Å²) in [5.74, 6) is 0.881. The first kappa shape index (κ1) is 13.2. The van der Waals surface area contributed by atoms with Crippen LogP contribution in [0.25, 0.3) is 10.8 Å². The van der Waals surface area contributed by atoms with Crippen molar-refractivity contribution in [2.45, 2.75) is 38.6 Å². The van der Waals surface area contributed by atoms with Crippen LogP contribution in [0.15, 0.2) is 30.6 Å². The van der Waals surface area contributed by atoms with Crippen LogP contribution < -0.4 is 10.6 Å². The zero-order valence-electron chi connectivity index (χ0n) is 12.3. The van der Waals surface area contributed by atoms with E-state index in [4.69, 9.17) is 5.73 Å². The monoisotopic (exact) mass is 269 g/mol. The molecule has 20 heavy (non-hydrogen) atoms. The van der Waals surface area contributed by atoms with E-state index < -0.39 is 0 Å². The van der Waals surface area contributed by atoms with Gasteiger partial charge in [-0.05, 0) is 49.8 Å². The van der Waals surface area contributed by atoms with Crippen molar-refractivity contribution in [2.75, 3.05) is 17.7 Å². The highest BCUT2D eigenvalue weighted by Gasteiger charge is 2.23. The van der Waals surface area contributed by atoms with E-state index in [1.165, 1.54) is 36.8 Å². The van der Waals surface area contributed by atoms with Crippen LogP contribution in [0.4, 0.5) is 11.4 Å². The SMILES string of the molecule is CC1CCC(N(C)c2ccc(N)c3cnccc23)CC1. The molecule has 2 aromatic rings. The molecule has 3 rings (SSSR count). The Kier molecular flexibility index (Phi) is 3.51. The predicted molar refractivity (Wildman–Crippen MR) is 86.0 cm³/mol. The van der Waals surface area contributed by atoms with E-state index >= 15 is 0 Å². The van der Waals surface area contributed by atoms with Crippen molar-refractivity contribution in [3.63, 3.8) is 0 Å². The number of hydrogen-bond acceptors (Lipinski definition) is 3. The lowest BCUT2D eigenvalue weighted by atomic mass is 9.86. The molecule has 1 aromatic heterocycles. The molecular formula is C17H23N3. The van der Waals surface area contributed by atoms with Crippen LogP contribution in [-0.2, 0) is 0 Å². The van der Waals surface area contributed by atoms with E-state index in [0.717, 1.165) is 17.0 Å². The van der Waals surface area contributed by atoms with Crippen LogP contribution in [-0.4, -0.2) is 18.1 Å². The van der Waals surface area contributed by atoms with E-state index in [-0.39, 0.29) is 0 Å². The average Bonchev–Trinajstić information content (AvgIpc) is 2.48. The van der Waals surface area contributed by atoms with Gasteiger partial charge in [-0.2, -0.15) is 0 Å². The van der Waals surface area contributed by atoms with Crippen molar-refractivity contribution in [3.05, 3.63) is 30.6 Å². The number of fused-ring (bicyclic) bond motifs is 1. The largest absolute Gasteiger partial charge is 0.398 e. The number of nitrogen functional groups attached to an aromatic ring is 1. The Morgan fingerprint density at radius 2 is 1.85 bits per heavy atom. The summed E-state index contributed by atoms with van der Waals surface area (Å²) in [6.45, 7) is 2.36. The molecule has 2 N–H and O–H groups in total. The van der Waals surface area contributed by atoms with Crippen LogP contribution >= 0.6 is 0 Å². The molecule has 0 atom stereocenters. The molecule has 0 amide bonds. The van der Waals surface area contributed by atoms with Gasteiger partial charge in [0.15, 0.2) is 0 Å². The van der Waals surface area contributed by atoms with Crippen molar-refractivity contribution in [1.29, 1.82) is 0 Å². The van der Waals surface area contributed by atoms with Gasteiger partial charge in [0.25, 0.3) is 0 Å². The number of nitrogens with two attached hydrogens (primary N) is 1. The minimum Gasteiger partial charge on any atom is -0.398 e. The Morgan fingerprint density at radius 3 is 2.60 bits per heavy atom. The van der Waals surface area contributed by atoms with E-state index in [0.29, 0.717) is 6.04 Å². The minimum atomic E-state index is 0.645. The first-order valence-electron chi connectivity index (χ1n) is 7.52. The minimum absolute atomic E-state index is 0.645. The fraction of sp³-hybridized carbons (Fsp3) is 0.471. The fourth-order valence-electron chi connectivity index (χ4n) is 3.33. The van der Waals surface area contributed by atoms with Crippen molar-refractivity contribution in [3.8, 4) is 0 Å². The molecule has 0 saturated heterocycles. The highest BCUT2D eigenvalue weighted by molar-refractivity contribution is 6.00. The van der Waals surface area contributed by atoms with Crippen LogP contribution in [0.2, 0.25) is 0 Å². The number of pyridine rings is 1. The summed E-state index contributed by atoms with van der Waals surface area (Å²) in [5, 5.41) is 2.27. The second kappa shape index (κ2) is 5.31. The molecule has 3 heteroatoms. The molecule has 0 aliphatic heterocycles. The molecule has 0 bridgehead atoms. The standard InChI is InChI=1S/C17H23N3/c1-12-3-5-13(6-4-12)20(2)17-8-7-16(18)15-11-19-10-9-14(15)17/h7-13H,3-6,18H2,1-2H3. The number of aromatic nitrogens is 1. The summed E-state index contributed by atoms with van der Waals surface area (Å²) >= 11 is 0. The highest BCUT2D eigenvalue weighted by atomic mass is 15.1. The maximum Gasteiger partial charge on any atom is 0.0448 e. The van der Waals surface area contributed by atoms with Gasteiger partial charge in [0.05, 0.1) is 0 Å². The van der Waals surface area contributed by atoms with Crippen molar-refractivity contribution < 1.29 is 0 Å². The number of hydrogen-bond donors (Lipinski definition) is 1. The topological polar surface area (TPSA) is 42.1 Å². The summed E-state index contributed by atoms with van der Waals surface area (Å²) in [7, 11) is 2.21.